The molecule has 0 unspecified atom stereocenters. The maximum Gasteiger partial charge on any atom is 0.349 e. The predicted octanol–water partition coefficient (Wildman–Crippen LogP) is -2.78. The van der Waals surface area contributed by atoms with Gasteiger partial charge in [-0.1, -0.05) is 6.47 Å². The van der Waals surface area contributed by atoms with Crippen molar-refractivity contribution < 1.29 is 0 Å². The van der Waals surface area contributed by atoms with Crippen LogP contribution in [-0.2, 0) is 0 Å². The molecule has 2 radical (unpaired) electrons. The molecular weight excluding hydrogens is 86.5 g/mol. The van der Waals surface area contributed by atoms with Gasteiger partial charge in [-0.05, 0) is 0 Å². The molecule has 1 aliphatic heterocycles. The second-order valence-electron chi connectivity index (χ2n) is 1.27. The summed E-state index contributed by atoms with van der Waals surface area (Å²) >= 11 is 0. The Hall–Kier alpha value is -0.465. The Balaban J connectivity index is 2.25. The highest BCUT2D eigenvalue weighted by Crippen LogP contribution is 1.52. The SMILES string of the molecule is [CH+]=[B-]1N[B]N[B]N1. The molecule has 3 N–H and O–H groups in total. The molecule has 1 aliphatic rings. The minimum Gasteiger partial charge on any atom is -0.574 e. The summed E-state index contributed by atoms with van der Waals surface area (Å²) in [7, 11) is 3.34. The van der Waals surface area contributed by atoms with Gasteiger partial charge in [0, 0.05) is 0 Å². The van der Waals surface area contributed by atoms with Crippen LogP contribution in [0.25, 0.3) is 0 Å². The second-order valence-corrected chi connectivity index (χ2v) is 1.27. The van der Waals surface area contributed by atoms with E-state index in [0.717, 1.165) is 0 Å². The van der Waals surface area contributed by atoms with Crippen molar-refractivity contribution in [2.45, 2.75) is 0 Å². The van der Waals surface area contributed by atoms with Crippen LogP contribution < -0.4 is 15.4 Å². The van der Waals surface area contributed by atoms with Crippen molar-refractivity contribution in [3.05, 3.63) is 0 Å². The van der Waals surface area contributed by atoms with Crippen LogP contribution in [0, 0.1) is 0 Å². The first-order valence-corrected chi connectivity index (χ1v) is 2.07. The lowest BCUT2D eigenvalue weighted by molar-refractivity contribution is 1.27. The summed E-state index contributed by atoms with van der Waals surface area (Å²) in [6, 6.07) is 0. The van der Waals surface area contributed by atoms with E-state index in [4.69, 9.17) is 6.47 Å². The Morgan fingerprint density at radius 2 is 1.86 bits per heavy atom. The van der Waals surface area contributed by atoms with Crippen molar-refractivity contribution in [2.75, 3.05) is 0 Å². The normalized spacial score (nSPS) is 17.9. The van der Waals surface area contributed by atoms with Crippen LogP contribution in [-0.4, -0.2) is 28.2 Å². The topological polar surface area (TPSA) is 36.1 Å². The molecule has 0 aliphatic carbocycles. The molecule has 7 heavy (non-hydrogen) atoms. The van der Waals surface area contributed by atoms with E-state index < -0.39 is 0 Å². The molecule has 1 fully saturated rings. The van der Waals surface area contributed by atoms with Gasteiger partial charge in [0.1, 0.15) is 0 Å². The molecule has 0 saturated carbocycles. The van der Waals surface area contributed by atoms with E-state index in [9.17, 15) is 0 Å². The maximum absolute atomic E-state index is 5.31. The van der Waals surface area contributed by atoms with Crippen molar-refractivity contribution in [3.8, 4) is 0 Å². The summed E-state index contributed by atoms with van der Waals surface area (Å²) in [6.45, 7) is 5.17. The van der Waals surface area contributed by atoms with Gasteiger partial charge in [0.25, 0.3) is 15.1 Å². The van der Waals surface area contributed by atoms with Gasteiger partial charge in [0.05, 0.1) is 0 Å². The Bertz CT molecular complexity index is 74.2. The third-order valence-corrected chi connectivity index (χ3v) is 0.692. The predicted molar refractivity (Wildman–Crippen MR) is 32.7 cm³/mol. The summed E-state index contributed by atoms with van der Waals surface area (Å²) in [4.78, 5) is 0. The highest BCUT2D eigenvalue weighted by atomic mass is 15.0. The largest absolute Gasteiger partial charge is 0.574 e. The summed E-state index contributed by atoms with van der Waals surface area (Å²) in [5, 5.41) is 8.33. The molecule has 0 aromatic rings. The van der Waals surface area contributed by atoms with Gasteiger partial charge in [-0.25, -0.2) is 0 Å². The highest BCUT2D eigenvalue weighted by Gasteiger charge is 2.00. The van der Waals surface area contributed by atoms with Crippen LogP contribution in [0.5, 0.6) is 0 Å². The van der Waals surface area contributed by atoms with Crippen LogP contribution in [0.1, 0.15) is 0 Å². The van der Waals surface area contributed by atoms with Gasteiger partial charge in [-0.15, -0.1) is 0 Å². The van der Waals surface area contributed by atoms with Crippen LogP contribution in [0.4, 0.5) is 0 Å². The Kier molecular flexibility index (Phi) is 1.34. The van der Waals surface area contributed by atoms with Crippen molar-refractivity contribution >= 4 is 28.2 Å². The minimum atomic E-state index is -0.138. The van der Waals surface area contributed by atoms with E-state index in [2.05, 4.69) is 15.4 Å². The molecule has 6 heteroatoms. The molecule has 3 nitrogen and oxygen atoms in total. The van der Waals surface area contributed by atoms with E-state index >= 15 is 0 Å². The molecule has 0 spiro atoms. The van der Waals surface area contributed by atoms with Crippen molar-refractivity contribution in [2.24, 2.45) is 0 Å². The monoisotopic (exact) mass is 91.1 g/mol. The molecule has 0 aromatic carbocycles. The van der Waals surface area contributed by atoms with Gasteiger partial charge in [-0.2, -0.15) is 0 Å². The molecule has 0 amide bonds. The van der Waals surface area contributed by atoms with Crippen LogP contribution in [0.15, 0.2) is 0 Å². The van der Waals surface area contributed by atoms with Crippen LogP contribution in [0.2, 0.25) is 0 Å². The van der Waals surface area contributed by atoms with Crippen LogP contribution >= 0.6 is 0 Å². The summed E-state index contributed by atoms with van der Waals surface area (Å²) in [6.07, 6.45) is 0. The fourth-order valence-corrected chi connectivity index (χ4v) is 0.366. The van der Waals surface area contributed by atoms with E-state index in [-0.39, 0.29) is 6.62 Å². The van der Waals surface area contributed by atoms with Gasteiger partial charge in [-0.3, -0.25) is 0 Å². The summed E-state index contributed by atoms with van der Waals surface area (Å²) in [5.74, 6) is 0. The Morgan fingerprint density at radius 3 is 2.14 bits per heavy atom. The molecule has 0 bridgehead atoms. The van der Waals surface area contributed by atoms with Gasteiger partial charge in [0.15, 0.2) is 0 Å². The fraction of sp³-hybridized carbons (Fsp3) is 0. The first-order chi connectivity index (χ1) is 3.39. The molecule has 0 atom stereocenters. The van der Waals surface area contributed by atoms with Crippen molar-refractivity contribution in [3.63, 3.8) is 0 Å². The quantitative estimate of drug-likeness (QED) is 0.222. The maximum atomic E-state index is 5.31. The lowest BCUT2D eigenvalue weighted by Crippen LogP contribution is -2.59. The minimum absolute atomic E-state index is 0.138. The van der Waals surface area contributed by atoms with Crippen LogP contribution in [0.3, 0.4) is 0 Å². The standard InChI is InChI=1S/CH4B3N3/c1-4-6-2-5-3-7-4/h1,5-7H. The summed E-state index contributed by atoms with van der Waals surface area (Å²) in [5.41, 5.74) is 0. The average molecular weight is 90.5 g/mol. The van der Waals surface area contributed by atoms with E-state index in [1.807, 2.05) is 0 Å². The molecule has 1 saturated heterocycles. The van der Waals surface area contributed by atoms with Gasteiger partial charge in [0.2, 0.25) is 0 Å². The molecular formula is CH4B3N3. The van der Waals surface area contributed by atoms with E-state index in [1.165, 1.54) is 0 Å². The van der Waals surface area contributed by atoms with E-state index in [0.29, 0.717) is 0 Å². The molecule has 0 aromatic heterocycles. The van der Waals surface area contributed by atoms with Crippen molar-refractivity contribution in [1.29, 1.82) is 0 Å². The number of rotatable bonds is 0. The van der Waals surface area contributed by atoms with Crippen molar-refractivity contribution in [1.82, 2.24) is 15.4 Å². The number of nitrogens with one attached hydrogen (secondary N) is 3. The van der Waals surface area contributed by atoms with Gasteiger partial charge >= 0.3 is 6.62 Å². The Labute approximate surface area is 44.6 Å². The zero-order chi connectivity index (χ0) is 5.11. The molecule has 32 valence electrons. The van der Waals surface area contributed by atoms with Gasteiger partial charge < -0.3 is 15.4 Å². The molecule has 1 rings (SSSR count). The number of hydrogen-bond acceptors (Lipinski definition) is 3. The smallest absolute Gasteiger partial charge is 0.349 e. The lowest BCUT2D eigenvalue weighted by atomic mass is 9.78. The Morgan fingerprint density at radius 1 is 1.29 bits per heavy atom. The zero-order valence-electron chi connectivity index (χ0n) is 3.81. The first-order valence-electron chi connectivity index (χ1n) is 2.07. The molecule has 1 heterocycles. The zero-order valence-corrected chi connectivity index (χ0v) is 3.81. The lowest BCUT2D eigenvalue weighted by Gasteiger charge is -2.18. The fourth-order valence-electron chi connectivity index (χ4n) is 0.366. The second kappa shape index (κ2) is 2.00. The summed E-state index contributed by atoms with van der Waals surface area (Å²) < 4.78 is 0. The number of hydrogen-bond donors (Lipinski definition) is 3. The first kappa shape index (κ1) is 4.69. The third kappa shape index (κ3) is 1.22. The average Bonchev–Trinajstić information content (AvgIpc) is 1.69. The highest BCUT2D eigenvalue weighted by molar-refractivity contribution is 6.76. The third-order valence-electron chi connectivity index (χ3n) is 0.692. The van der Waals surface area contributed by atoms with E-state index in [1.54, 1.807) is 15.1 Å².